The largest absolute Gasteiger partial charge is 0.373 e. The van der Waals surface area contributed by atoms with Gasteiger partial charge in [0.25, 0.3) is 11.8 Å². The van der Waals surface area contributed by atoms with Crippen LogP contribution in [0.25, 0.3) is 11.3 Å². The van der Waals surface area contributed by atoms with Crippen LogP contribution in [0.5, 0.6) is 0 Å². The van der Waals surface area contributed by atoms with Gasteiger partial charge >= 0.3 is 0 Å². The molecule has 3 heterocycles. The van der Waals surface area contributed by atoms with Crippen LogP contribution in [0.2, 0.25) is 0 Å². The van der Waals surface area contributed by atoms with E-state index in [1.807, 2.05) is 55.5 Å². The van der Waals surface area contributed by atoms with Crippen LogP contribution in [0.3, 0.4) is 0 Å². The van der Waals surface area contributed by atoms with Crippen LogP contribution in [0.4, 0.5) is 15.9 Å². The Kier molecular flexibility index (Phi) is 6.46. The summed E-state index contributed by atoms with van der Waals surface area (Å²) in [5.74, 6) is -1.54. The molecule has 2 aromatic heterocycles. The van der Waals surface area contributed by atoms with Crippen LogP contribution in [-0.2, 0) is 11.2 Å². The van der Waals surface area contributed by atoms with E-state index in [4.69, 9.17) is 0 Å². The summed E-state index contributed by atoms with van der Waals surface area (Å²) in [7, 11) is 1.63. The molecule has 2 aromatic carbocycles. The maximum Gasteiger partial charge on any atom is 0.269 e. The number of benzene rings is 2. The van der Waals surface area contributed by atoms with E-state index in [0.717, 1.165) is 11.1 Å². The van der Waals surface area contributed by atoms with Gasteiger partial charge in [-0.1, -0.05) is 55.5 Å². The number of nitrogens with zero attached hydrogens (tertiary/aromatic N) is 3. The first kappa shape index (κ1) is 23.9. The lowest BCUT2D eigenvalue weighted by molar-refractivity contribution is -0.117. The zero-order valence-corrected chi connectivity index (χ0v) is 20.2. The first-order chi connectivity index (χ1) is 18.0. The second-order valence-corrected chi connectivity index (χ2v) is 8.32. The number of hydrogen-bond acceptors (Lipinski definition) is 6. The van der Waals surface area contributed by atoms with Crippen molar-refractivity contribution in [3.8, 4) is 11.3 Å². The minimum atomic E-state index is -1.24. The minimum absolute atomic E-state index is 0.0614. The van der Waals surface area contributed by atoms with Crippen LogP contribution in [0.1, 0.15) is 34.1 Å². The van der Waals surface area contributed by atoms with Crippen molar-refractivity contribution in [3.05, 3.63) is 95.1 Å². The number of rotatable bonds is 6. The van der Waals surface area contributed by atoms with Gasteiger partial charge in [-0.2, -0.15) is 9.49 Å². The lowest BCUT2D eigenvalue weighted by atomic mass is 10.0. The number of H-pyrrole nitrogens is 1. The molecule has 0 aliphatic carbocycles. The number of para-hydroxylation sites is 1. The number of anilines is 2. The van der Waals surface area contributed by atoms with Crippen molar-refractivity contribution in [2.45, 2.75) is 19.5 Å². The SMILES string of the molecule is CCc1[nH]nc(-c2ccc(NC)nc2F)c1C(=O)N[C@H]1N=C(c2ccccc2)c2ccccc2NC1=O. The molecule has 10 heteroatoms. The molecule has 37 heavy (non-hydrogen) atoms. The van der Waals surface area contributed by atoms with Crippen LogP contribution in [-0.4, -0.2) is 45.9 Å². The Balaban J connectivity index is 1.54. The molecule has 0 fully saturated rings. The van der Waals surface area contributed by atoms with Crippen LogP contribution >= 0.6 is 0 Å². The average Bonchev–Trinajstić information content (AvgIpc) is 3.30. The number of amides is 2. The number of aromatic nitrogens is 3. The highest BCUT2D eigenvalue weighted by Gasteiger charge is 2.30. The molecule has 1 aliphatic rings. The summed E-state index contributed by atoms with van der Waals surface area (Å²) in [5.41, 5.74) is 3.46. The first-order valence-corrected chi connectivity index (χ1v) is 11.8. The number of aliphatic imine (C=N–C) groups is 1. The lowest BCUT2D eigenvalue weighted by Crippen LogP contribution is -2.42. The molecule has 1 aliphatic heterocycles. The highest BCUT2D eigenvalue weighted by molar-refractivity contribution is 6.20. The standard InChI is InChI=1S/C27H24FN7O2/c1-3-18-21(23(35-34-18)17-13-14-20(29-2)31-24(17)28)26(36)33-25-27(37)30-19-12-8-7-11-16(19)22(32-25)15-9-5-4-6-10-15/h4-14,25H,3H2,1-2H3,(H,29,31)(H,30,37)(H,33,36)(H,34,35)/t25-/m1/s1. The van der Waals surface area contributed by atoms with Gasteiger partial charge in [0, 0.05) is 23.9 Å². The van der Waals surface area contributed by atoms with Crippen LogP contribution < -0.4 is 16.0 Å². The third kappa shape index (κ3) is 4.56. The third-order valence-corrected chi connectivity index (χ3v) is 6.04. The van der Waals surface area contributed by atoms with E-state index in [1.165, 1.54) is 6.07 Å². The maximum atomic E-state index is 14.8. The molecule has 0 bridgehead atoms. The van der Waals surface area contributed by atoms with E-state index in [1.54, 1.807) is 19.2 Å². The quantitative estimate of drug-likeness (QED) is 0.302. The summed E-state index contributed by atoms with van der Waals surface area (Å²) in [6.07, 6.45) is -0.808. The van der Waals surface area contributed by atoms with E-state index in [2.05, 4.69) is 36.1 Å². The fourth-order valence-corrected chi connectivity index (χ4v) is 4.20. The second-order valence-electron chi connectivity index (χ2n) is 8.32. The second kappa shape index (κ2) is 10.0. The summed E-state index contributed by atoms with van der Waals surface area (Å²) in [6.45, 7) is 1.84. The summed E-state index contributed by atoms with van der Waals surface area (Å²) in [6, 6.07) is 19.8. The van der Waals surface area contributed by atoms with E-state index < -0.39 is 23.9 Å². The maximum absolute atomic E-state index is 14.8. The number of pyridine rings is 1. The van der Waals surface area contributed by atoms with Gasteiger partial charge in [0.15, 0.2) is 0 Å². The van der Waals surface area contributed by atoms with E-state index >= 15 is 0 Å². The Labute approximate surface area is 212 Å². The Morgan fingerprint density at radius 3 is 2.51 bits per heavy atom. The molecule has 0 radical (unpaired) electrons. The smallest absolute Gasteiger partial charge is 0.269 e. The van der Waals surface area contributed by atoms with Gasteiger partial charge in [0.05, 0.1) is 22.5 Å². The van der Waals surface area contributed by atoms with E-state index in [0.29, 0.717) is 29.3 Å². The summed E-state index contributed by atoms with van der Waals surface area (Å²) in [5, 5.41) is 15.4. The van der Waals surface area contributed by atoms with Crippen molar-refractivity contribution < 1.29 is 14.0 Å². The van der Waals surface area contributed by atoms with Crippen molar-refractivity contribution in [1.29, 1.82) is 0 Å². The minimum Gasteiger partial charge on any atom is -0.373 e. The van der Waals surface area contributed by atoms with Gasteiger partial charge in [-0.05, 0) is 24.6 Å². The van der Waals surface area contributed by atoms with Crippen molar-refractivity contribution in [2.75, 3.05) is 17.7 Å². The molecule has 0 saturated heterocycles. The number of halogens is 1. The zero-order chi connectivity index (χ0) is 25.9. The van der Waals surface area contributed by atoms with Gasteiger partial charge < -0.3 is 16.0 Å². The highest BCUT2D eigenvalue weighted by atomic mass is 19.1. The normalized spacial score (nSPS) is 14.7. The fourth-order valence-electron chi connectivity index (χ4n) is 4.20. The molecule has 9 nitrogen and oxygen atoms in total. The summed E-state index contributed by atoms with van der Waals surface area (Å²) >= 11 is 0. The molecule has 2 amide bonds. The average molecular weight is 498 g/mol. The van der Waals surface area contributed by atoms with Gasteiger partial charge in [0.1, 0.15) is 11.5 Å². The molecule has 0 spiro atoms. The molecular weight excluding hydrogens is 473 g/mol. The van der Waals surface area contributed by atoms with Crippen LogP contribution in [0, 0.1) is 5.95 Å². The van der Waals surface area contributed by atoms with Crippen molar-refractivity contribution in [2.24, 2.45) is 4.99 Å². The Morgan fingerprint density at radius 1 is 1.03 bits per heavy atom. The van der Waals surface area contributed by atoms with Gasteiger partial charge in [-0.25, -0.2) is 9.98 Å². The number of fused-ring (bicyclic) bond motifs is 1. The third-order valence-electron chi connectivity index (χ3n) is 6.04. The number of carbonyl (C=O) groups is 2. The predicted molar refractivity (Wildman–Crippen MR) is 139 cm³/mol. The number of nitrogens with one attached hydrogen (secondary N) is 4. The fraction of sp³-hybridized carbons (Fsp3) is 0.148. The molecule has 0 unspecified atom stereocenters. The number of carbonyl (C=O) groups excluding carboxylic acids is 2. The van der Waals surface area contributed by atoms with Crippen molar-refractivity contribution in [3.63, 3.8) is 0 Å². The molecule has 5 rings (SSSR count). The number of aryl methyl sites for hydroxylation is 1. The van der Waals surface area contributed by atoms with Crippen molar-refractivity contribution >= 4 is 29.0 Å². The van der Waals surface area contributed by atoms with Gasteiger partial charge in [-0.15, -0.1) is 0 Å². The summed E-state index contributed by atoms with van der Waals surface area (Å²) in [4.78, 5) is 35.3. The molecule has 1 atom stereocenters. The van der Waals surface area contributed by atoms with Crippen molar-refractivity contribution in [1.82, 2.24) is 20.5 Å². The molecule has 186 valence electrons. The molecule has 4 aromatic rings. The van der Waals surface area contributed by atoms with Gasteiger partial charge in [-0.3, -0.25) is 14.7 Å². The first-order valence-electron chi connectivity index (χ1n) is 11.8. The Hall–Kier alpha value is -4.86. The number of benzodiazepines with no additional fused rings is 1. The molecule has 4 N–H and O–H groups in total. The Bertz CT molecular complexity index is 1510. The van der Waals surface area contributed by atoms with Gasteiger partial charge in [0.2, 0.25) is 12.1 Å². The number of hydrogen-bond donors (Lipinski definition) is 4. The van der Waals surface area contributed by atoms with E-state index in [-0.39, 0.29) is 16.8 Å². The number of aromatic amines is 1. The lowest BCUT2D eigenvalue weighted by Gasteiger charge is -2.14. The Morgan fingerprint density at radius 2 is 1.78 bits per heavy atom. The topological polar surface area (TPSA) is 124 Å². The molecular formula is C27H24FN7O2. The van der Waals surface area contributed by atoms with E-state index in [9.17, 15) is 14.0 Å². The predicted octanol–water partition coefficient (Wildman–Crippen LogP) is 3.76. The monoisotopic (exact) mass is 497 g/mol. The molecule has 0 saturated carbocycles. The zero-order valence-electron chi connectivity index (χ0n) is 20.2. The summed E-state index contributed by atoms with van der Waals surface area (Å²) < 4.78 is 14.8. The highest BCUT2D eigenvalue weighted by Crippen LogP contribution is 2.28. The van der Waals surface area contributed by atoms with Crippen LogP contribution in [0.15, 0.2) is 71.7 Å².